The second-order valence-corrected chi connectivity index (χ2v) is 11.0. The molecule has 1 saturated heterocycles. The van der Waals surface area contributed by atoms with Crippen LogP contribution in [0.3, 0.4) is 0 Å². The minimum absolute atomic E-state index is 0.120. The second kappa shape index (κ2) is 12.3. The van der Waals surface area contributed by atoms with Gasteiger partial charge in [-0.15, -0.1) is 8.78 Å². The summed E-state index contributed by atoms with van der Waals surface area (Å²) in [7, 11) is 0. The first-order valence-electron chi connectivity index (χ1n) is 14.1. The van der Waals surface area contributed by atoms with E-state index in [1.807, 2.05) is 0 Å². The maximum atomic E-state index is 13.5. The maximum Gasteiger partial charge on any atom is 0.586 e. The molecule has 0 aromatic heterocycles. The number of alkyl halides is 2. The van der Waals surface area contributed by atoms with Crippen molar-refractivity contribution in [1.29, 1.82) is 0 Å². The van der Waals surface area contributed by atoms with Crippen molar-refractivity contribution in [2.45, 2.75) is 57.4 Å². The van der Waals surface area contributed by atoms with Gasteiger partial charge in [0.15, 0.2) is 17.3 Å². The number of imide groups is 1. The fourth-order valence-electron chi connectivity index (χ4n) is 5.79. The topological polar surface area (TPSA) is 140 Å². The van der Waals surface area contributed by atoms with E-state index < -0.39 is 59.6 Å². The Morgan fingerprint density at radius 3 is 2.37 bits per heavy atom. The van der Waals surface area contributed by atoms with Crippen molar-refractivity contribution >= 4 is 35.5 Å². The van der Waals surface area contributed by atoms with Gasteiger partial charge in [0.2, 0.25) is 23.6 Å². The average molecular weight is 596 g/mol. The third kappa shape index (κ3) is 6.90. The van der Waals surface area contributed by atoms with Crippen LogP contribution in [0.25, 0.3) is 6.08 Å². The van der Waals surface area contributed by atoms with Gasteiger partial charge in [0.05, 0.1) is 24.4 Å². The van der Waals surface area contributed by atoms with E-state index in [4.69, 9.17) is 0 Å². The van der Waals surface area contributed by atoms with Crippen molar-refractivity contribution < 1.29 is 42.2 Å². The number of Topliss-reactive ketones (excluding diaryl/α,β-unsaturated/α-hetero) is 1. The molecule has 2 fully saturated rings. The molecule has 43 heavy (non-hydrogen) atoms. The molecule has 1 saturated carbocycles. The van der Waals surface area contributed by atoms with Gasteiger partial charge < -0.3 is 20.1 Å². The van der Waals surface area contributed by atoms with E-state index in [0.29, 0.717) is 24.0 Å². The molecule has 5 rings (SSSR count). The van der Waals surface area contributed by atoms with Crippen molar-refractivity contribution in [1.82, 2.24) is 16.0 Å². The predicted molar refractivity (Wildman–Crippen MR) is 148 cm³/mol. The zero-order valence-corrected chi connectivity index (χ0v) is 23.3. The Bertz CT molecular complexity index is 1460. The molecular weight excluding hydrogens is 564 g/mol. The minimum atomic E-state index is -3.76. The fraction of sp³-hybridized carbons (Fsp3) is 0.387. The van der Waals surface area contributed by atoms with Crippen LogP contribution in [0.4, 0.5) is 8.78 Å². The van der Waals surface area contributed by atoms with Gasteiger partial charge in [0, 0.05) is 6.08 Å². The van der Waals surface area contributed by atoms with E-state index in [1.165, 1.54) is 37.3 Å². The van der Waals surface area contributed by atoms with E-state index in [-0.39, 0.29) is 23.8 Å². The molecule has 0 bridgehead atoms. The van der Waals surface area contributed by atoms with Crippen LogP contribution in [-0.4, -0.2) is 41.7 Å². The monoisotopic (exact) mass is 595 g/mol. The van der Waals surface area contributed by atoms with Crippen LogP contribution in [0.1, 0.15) is 56.2 Å². The normalized spacial score (nSPS) is 22.3. The number of halogens is 2. The number of amides is 4. The summed E-state index contributed by atoms with van der Waals surface area (Å²) in [4.78, 5) is 64.2. The quantitative estimate of drug-likeness (QED) is 0.217. The van der Waals surface area contributed by atoms with Crippen LogP contribution in [0, 0.1) is 17.8 Å². The Hall–Kier alpha value is -4.61. The summed E-state index contributed by atoms with van der Waals surface area (Å²) in [5, 5.41) is 7.81. The number of benzene rings is 2. The van der Waals surface area contributed by atoms with E-state index >= 15 is 0 Å². The molecular formula is C31H31F2N3O7. The van der Waals surface area contributed by atoms with E-state index in [1.54, 1.807) is 30.3 Å². The Kier molecular flexibility index (Phi) is 8.56. The number of carbonyl (C=O) groups is 5. The molecule has 12 heteroatoms. The number of nitrogens with one attached hydrogen (secondary N) is 3. The van der Waals surface area contributed by atoms with Crippen LogP contribution in [-0.2, 0) is 24.0 Å². The second-order valence-electron chi connectivity index (χ2n) is 11.0. The van der Waals surface area contributed by atoms with E-state index in [2.05, 4.69) is 25.4 Å². The summed E-state index contributed by atoms with van der Waals surface area (Å²) >= 11 is 0. The Balaban J connectivity index is 1.28. The summed E-state index contributed by atoms with van der Waals surface area (Å²) < 4.78 is 35.5. The lowest BCUT2D eigenvalue weighted by molar-refractivity contribution is -0.286. The third-order valence-corrected chi connectivity index (χ3v) is 8.00. The number of ether oxygens (including phenoxy) is 2. The molecule has 2 heterocycles. The molecule has 4 amide bonds. The number of carbonyl (C=O) groups excluding carboxylic acids is 5. The highest BCUT2D eigenvalue weighted by molar-refractivity contribution is 6.16. The van der Waals surface area contributed by atoms with Crippen molar-refractivity contribution in [3.8, 4) is 11.5 Å². The van der Waals surface area contributed by atoms with Crippen molar-refractivity contribution in [2.75, 3.05) is 0 Å². The van der Waals surface area contributed by atoms with Gasteiger partial charge in [-0.2, -0.15) is 0 Å². The molecule has 0 radical (unpaired) electrons. The first-order valence-corrected chi connectivity index (χ1v) is 14.1. The van der Waals surface area contributed by atoms with Crippen LogP contribution >= 0.6 is 0 Å². The Morgan fingerprint density at radius 1 is 1.00 bits per heavy atom. The highest BCUT2D eigenvalue weighted by Crippen LogP contribution is 2.41. The standard InChI is InChI=1S/C31H31F2N3O7/c1-17-26(30(41)36-29(17)40)28(39)27(20-9-5-6-10-20)35-25(38)16-21(19-7-3-2-4-8-19)34-24(37)14-12-18-11-13-22-23(15-18)43-31(32,33)42-22/h2-4,7-8,11-15,17,20-21,26-27H,5-6,9-10,16H2,1H3,(H,34,37)(H,35,38)(H,36,40,41)/t17-,21-,26+,27-/m0/s1. The van der Waals surface area contributed by atoms with Crippen LogP contribution in [0.2, 0.25) is 0 Å². The first-order chi connectivity index (χ1) is 20.5. The lowest BCUT2D eigenvalue weighted by atomic mass is 9.83. The summed E-state index contributed by atoms with van der Waals surface area (Å²) in [5.41, 5.74) is 1.05. The van der Waals surface area contributed by atoms with Gasteiger partial charge in [-0.3, -0.25) is 29.3 Å². The number of hydrogen-bond donors (Lipinski definition) is 3. The molecule has 2 aromatic rings. The molecule has 2 aromatic carbocycles. The lowest BCUT2D eigenvalue weighted by Gasteiger charge is -2.27. The van der Waals surface area contributed by atoms with Crippen LogP contribution in [0.5, 0.6) is 11.5 Å². The van der Waals surface area contributed by atoms with Gasteiger partial charge in [0.25, 0.3) is 0 Å². The summed E-state index contributed by atoms with van der Waals surface area (Å²) in [6, 6.07) is 11.2. The van der Waals surface area contributed by atoms with Crippen LogP contribution in [0.15, 0.2) is 54.6 Å². The molecule has 2 aliphatic heterocycles. The molecule has 3 aliphatic rings. The summed E-state index contributed by atoms with van der Waals surface area (Å²) in [6.07, 6.45) is 1.82. The zero-order valence-electron chi connectivity index (χ0n) is 23.3. The molecule has 0 unspecified atom stereocenters. The predicted octanol–water partition coefficient (Wildman–Crippen LogP) is 3.42. The van der Waals surface area contributed by atoms with Crippen LogP contribution < -0.4 is 25.4 Å². The van der Waals surface area contributed by atoms with Gasteiger partial charge >= 0.3 is 6.29 Å². The number of hydrogen-bond acceptors (Lipinski definition) is 7. The average Bonchev–Trinajstić information content (AvgIpc) is 3.67. The largest absolute Gasteiger partial charge is 0.586 e. The SMILES string of the molecule is C[C@@H]1C(=O)NC(=O)[C@H]1C(=O)[C@@H](NC(=O)C[C@H](NC(=O)C=Cc1ccc2c(c1)OC(F)(F)O2)c1ccccc1)C1CCCC1. The van der Waals surface area contributed by atoms with Gasteiger partial charge in [-0.05, 0) is 48.1 Å². The molecule has 1 aliphatic carbocycles. The molecule has 4 atom stereocenters. The lowest BCUT2D eigenvalue weighted by Crippen LogP contribution is -2.50. The van der Waals surface area contributed by atoms with Crippen molar-refractivity contribution in [2.24, 2.45) is 17.8 Å². The number of ketones is 1. The van der Waals surface area contributed by atoms with Gasteiger partial charge in [-0.1, -0.05) is 56.2 Å². The Morgan fingerprint density at radius 2 is 1.70 bits per heavy atom. The van der Waals surface area contributed by atoms with E-state index in [0.717, 1.165) is 12.8 Å². The molecule has 10 nitrogen and oxygen atoms in total. The van der Waals surface area contributed by atoms with Crippen molar-refractivity contribution in [3.05, 3.63) is 65.7 Å². The molecule has 3 N–H and O–H groups in total. The molecule has 0 spiro atoms. The summed E-state index contributed by atoms with van der Waals surface area (Å²) in [5.74, 6) is -5.16. The Labute approximate surface area is 246 Å². The first kappa shape index (κ1) is 29.9. The number of fused-ring (bicyclic) bond motifs is 1. The maximum absolute atomic E-state index is 13.5. The van der Waals surface area contributed by atoms with Crippen molar-refractivity contribution in [3.63, 3.8) is 0 Å². The smallest absolute Gasteiger partial charge is 0.395 e. The van der Waals surface area contributed by atoms with Gasteiger partial charge in [-0.25, -0.2) is 0 Å². The highest BCUT2D eigenvalue weighted by Gasteiger charge is 2.47. The fourth-order valence-corrected chi connectivity index (χ4v) is 5.79. The minimum Gasteiger partial charge on any atom is -0.395 e. The zero-order chi connectivity index (χ0) is 30.7. The van der Waals surface area contributed by atoms with Gasteiger partial charge in [0.1, 0.15) is 5.92 Å². The van der Waals surface area contributed by atoms with E-state index in [9.17, 15) is 32.8 Å². The summed E-state index contributed by atoms with van der Waals surface area (Å²) in [6.45, 7) is 1.52. The molecule has 226 valence electrons. The third-order valence-electron chi connectivity index (χ3n) is 8.00. The highest BCUT2D eigenvalue weighted by atomic mass is 19.3. The number of rotatable bonds is 10.